The summed E-state index contributed by atoms with van der Waals surface area (Å²) in [6, 6.07) is 0. The number of hydrogen-bond acceptors (Lipinski definition) is 3. The van der Waals surface area contributed by atoms with E-state index in [4.69, 9.17) is 10.2 Å². The first kappa shape index (κ1) is 5.81. The molecule has 2 N–H and O–H groups in total. The van der Waals surface area contributed by atoms with Gasteiger partial charge in [0.05, 0.1) is 5.95 Å². The molecule has 0 aromatic carbocycles. The minimum atomic E-state index is -1.44. The van der Waals surface area contributed by atoms with E-state index in [-0.39, 0.29) is 6.08 Å². The van der Waals surface area contributed by atoms with Crippen LogP contribution >= 0.6 is 0 Å². The van der Waals surface area contributed by atoms with Gasteiger partial charge in [0.25, 0.3) is 0 Å². The maximum absolute atomic E-state index is 9.37. The van der Waals surface area contributed by atoms with E-state index >= 15 is 0 Å². The molecule has 0 rings (SSSR count). The Hall–Kier alpha value is -1.19. The van der Waals surface area contributed by atoms with Gasteiger partial charge in [0, 0.05) is 6.08 Å². The molecule has 0 heterocycles. The number of aliphatic hydroxyl groups excluding tert-OH is 1. The molecular weight excluding hydrogens is 100 g/mol. The fraction of sp³-hybridized carbons (Fsp3) is 0. The lowest BCUT2D eigenvalue weighted by Gasteiger charge is -1.90. The van der Waals surface area contributed by atoms with Crippen molar-refractivity contribution < 1.29 is 20.1 Å². The minimum absolute atomic E-state index is 0.167. The van der Waals surface area contributed by atoms with Crippen LogP contribution in [0.4, 0.5) is 0 Å². The molecule has 0 aliphatic rings. The second kappa shape index (κ2) is 2.07. The largest absolute Gasteiger partial charge is 0.629 e. The van der Waals surface area contributed by atoms with Crippen LogP contribution in [0, 0.1) is 0 Å². The Morgan fingerprint density at radius 1 is 1.57 bits per heavy atom. The minimum Gasteiger partial charge on any atom is -0.629 e. The quantitative estimate of drug-likeness (QED) is 0.323. The second-order valence-electron chi connectivity index (χ2n) is 0.821. The van der Waals surface area contributed by atoms with Crippen LogP contribution in [0.5, 0.6) is 0 Å². The predicted molar refractivity (Wildman–Crippen MR) is 18.3 cm³/mol. The highest BCUT2D eigenvalue weighted by molar-refractivity contribution is 5.79. The smallest absolute Gasteiger partial charge is 0.330 e. The maximum Gasteiger partial charge on any atom is 0.330 e. The molecule has 0 radical (unpaired) electrons. The van der Waals surface area contributed by atoms with Crippen LogP contribution in [-0.2, 0) is 4.79 Å². The van der Waals surface area contributed by atoms with Crippen LogP contribution in [0.25, 0.3) is 0 Å². The Morgan fingerprint density at radius 2 is 2.00 bits per heavy atom. The fourth-order valence-electron chi connectivity index (χ4n) is 0.106. The molecule has 0 saturated heterocycles. The second-order valence-corrected chi connectivity index (χ2v) is 0.821. The van der Waals surface area contributed by atoms with E-state index in [1.807, 2.05) is 0 Å². The van der Waals surface area contributed by atoms with Gasteiger partial charge in [-0.15, -0.1) is 0 Å². The van der Waals surface area contributed by atoms with Crippen molar-refractivity contribution in [1.82, 2.24) is 0 Å². The van der Waals surface area contributed by atoms with Crippen LogP contribution in [0.3, 0.4) is 0 Å². The normalized spacial score (nSPS) is 11.1. The van der Waals surface area contributed by atoms with Crippen molar-refractivity contribution in [1.29, 1.82) is 0 Å². The van der Waals surface area contributed by atoms with E-state index in [0.717, 1.165) is 0 Å². The average Bonchev–Trinajstić information content (AvgIpc) is 1.27. The third-order valence-electron chi connectivity index (χ3n) is 0.247. The molecule has 0 aliphatic carbocycles. The Bertz CT molecular complexity index is 99.5. The van der Waals surface area contributed by atoms with Crippen molar-refractivity contribution in [3.8, 4) is 0 Å². The zero-order chi connectivity index (χ0) is 5.86. The van der Waals surface area contributed by atoms with Gasteiger partial charge in [0.15, 0.2) is 0 Å². The number of aliphatic carboxylic acids is 1. The molecule has 0 aliphatic heterocycles. The predicted octanol–water partition coefficient (Wildman–Crippen LogP) is -1.17. The summed E-state index contributed by atoms with van der Waals surface area (Å²) in [5.74, 6) is -2.87. The van der Waals surface area contributed by atoms with Crippen LogP contribution in [0.15, 0.2) is 12.0 Å². The van der Waals surface area contributed by atoms with E-state index in [0.29, 0.717) is 0 Å². The number of aliphatic hydroxyl groups is 1. The SMILES string of the molecule is O=C(O)/C=C(\[O-])O. The Labute approximate surface area is 39.3 Å². The molecule has 7 heavy (non-hydrogen) atoms. The van der Waals surface area contributed by atoms with Gasteiger partial charge in [-0.2, -0.15) is 0 Å². The third-order valence-corrected chi connectivity index (χ3v) is 0.247. The van der Waals surface area contributed by atoms with Crippen LogP contribution in [-0.4, -0.2) is 16.2 Å². The third kappa shape index (κ3) is 4.81. The lowest BCUT2D eigenvalue weighted by atomic mass is 10.6. The topological polar surface area (TPSA) is 80.6 Å². The van der Waals surface area contributed by atoms with Crippen molar-refractivity contribution in [2.75, 3.05) is 0 Å². The van der Waals surface area contributed by atoms with E-state index < -0.39 is 11.9 Å². The zero-order valence-electron chi connectivity index (χ0n) is 3.29. The molecule has 0 atom stereocenters. The summed E-state index contributed by atoms with van der Waals surface area (Å²) >= 11 is 0. The monoisotopic (exact) mass is 103 g/mol. The molecule has 0 spiro atoms. The Balaban J connectivity index is 3.68. The molecule has 0 bridgehead atoms. The summed E-state index contributed by atoms with van der Waals surface area (Å²) in [5.41, 5.74) is 0. The van der Waals surface area contributed by atoms with Gasteiger partial charge in [-0.25, -0.2) is 4.79 Å². The summed E-state index contributed by atoms with van der Waals surface area (Å²) in [5, 5.41) is 24.7. The molecular formula is C3H3O4-. The Morgan fingerprint density at radius 3 is 2.00 bits per heavy atom. The fourth-order valence-corrected chi connectivity index (χ4v) is 0.106. The van der Waals surface area contributed by atoms with Gasteiger partial charge in [0.1, 0.15) is 0 Å². The first-order valence-electron chi connectivity index (χ1n) is 1.43. The highest BCUT2D eigenvalue weighted by atomic mass is 16.5. The lowest BCUT2D eigenvalue weighted by Crippen LogP contribution is -2.04. The van der Waals surface area contributed by atoms with Crippen molar-refractivity contribution in [3.05, 3.63) is 12.0 Å². The van der Waals surface area contributed by atoms with Gasteiger partial charge in [-0.05, 0) is 0 Å². The summed E-state index contributed by atoms with van der Waals surface area (Å²) in [7, 11) is 0. The van der Waals surface area contributed by atoms with Crippen molar-refractivity contribution in [3.63, 3.8) is 0 Å². The molecule has 40 valence electrons. The van der Waals surface area contributed by atoms with Crippen LogP contribution in [0.1, 0.15) is 0 Å². The first-order valence-corrected chi connectivity index (χ1v) is 1.43. The Kier molecular flexibility index (Phi) is 1.72. The highest BCUT2D eigenvalue weighted by Crippen LogP contribution is 1.70. The van der Waals surface area contributed by atoms with Gasteiger partial charge < -0.3 is 15.3 Å². The van der Waals surface area contributed by atoms with Crippen molar-refractivity contribution in [2.24, 2.45) is 0 Å². The molecule has 0 aromatic heterocycles. The molecule has 0 unspecified atom stereocenters. The van der Waals surface area contributed by atoms with Crippen molar-refractivity contribution in [2.45, 2.75) is 0 Å². The molecule has 4 heteroatoms. The van der Waals surface area contributed by atoms with Gasteiger partial charge >= 0.3 is 5.97 Å². The molecule has 0 fully saturated rings. The van der Waals surface area contributed by atoms with Gasteiger partial charge in [-0.3, -0.25) is 0 Å². The number of carbonyl (C=O) groups is 1. The highest BCUT2D eigenvalue weighted by Gasteiger charge is 1.82. The van der Waals surface area contributed by atoms with E-state index in [2.05, 4.69) is 0 Å². The lowest BCUT2D eigenvalue weighted by molar-refractivity contribution is -0.348. The summed E-state index contributed by atoms with van der Waals surface area (Å²) in [6.45, 7) is 0. The number of carboxylic acids is 1. The summed E-state index contributed by atoms with van der Waals surface area (Å²) in [4.78, 5) is 9.37. The number of hydrogen-bond donors (Lipinski definition) is 2. The standard InChI is InChI=1S/C3H4O4/c4-2(5)1-3(6)7/h1,4-5H,(H,6,7)/p-1. The van der Waals surface area contributed by atoms with Gasteiger partial charge in [0.2, 0.25) is 0 Å². The van der Waals surface area contributed by atoms with E-state index in [9.17, 15) is 9.90 Å². The molecule has 4 nitrogen and oxygen atoms in total. The molecule has 0 saturated carbocycles. The summed E-state index contributed by atoms with van der Waals surface area (Å²) < 4.78 is 0. The van der Waals surface area contributed by atoms with Crippen LogP contribution in [0.2, 0.25) is 0 Å². The van der Waals surface area contributed by atoms with Crippen molar-refractivity contribution >= 4 is 5.97 Å². The first-order chi connectivity index (χ1) is 3.13. The number of carboxylic acid groups (broad SMARTS) is 1. The van der Waals surface area contributed by atoms with Gasteiger partial charge in [-0.1, -0.05) is 0 Å². The summed E-state index contributed by atoms with van der Waals surface area (Å²) in [6.07, 6.45) is 0.167. The van der Waals surface area contributed by atoms with E-state index in [1.165, 1.54) is 0 Å². The number of rotatable bonds is 1. The van der Waals surface area contributed by atoms with E-state index in [1.54, 1.807) is 0 Å². The maximum atomic E-state index is 9.37. The molecule has 0 amide bonds. The average molecular weight is 103 g/mol. The molecule has 0 aromatic rings. The van der Waals surface area contributed by atoms with Crippen LogP contribution < -0.4 is 5.11 Å². The zero-order valence-corrected chi connectivity index (χ0v) is 3.29.